The first-order chi connectivity index (χ1) is 17.2. The van der Waals surface area contributed by atoms with Crippen LogP contribution in [-0.2, 0) is 11.3 Å². The van der Waals surface area contributed by atoms with Gasteiger partial charge in [0.1, 0.15) is 17.7 Å². The molecule has 192 valence electrons. The molecule has 3 aromatic rings. The highest BCUT2D eigenvalue weighted by molar-refractivity contribution is 5.94. The number of hydrogen-bond acceptors (Lipinski definition) is 7. The summed E-state index contributed by atoms with van der Waals surface area (Å²) in [5.74, 6) is -2.36. The Morgan fingerprint density at radius 2 is 2.03 bits per heavy atom. The summed E-state index contributed by atoms with van der Waals surface area (Å²) in [7, 11) is 0. The molecule has 0 spiro atoms. The number of hydrogen-bond donors (Lipinski definition) is 2. The lowest BCUT2D eigenvalue weighted by atomic mass is 10.2. The SMILES string of the molecule is C[C@H](N)c1oc(-c2ccc(OC(F)F)c(OC3CCOC3)c2)nc1C(=O)NCc1ccc(F)cc1F. The van der Waals surface area contributed by atoms with E-state index in [0.29, 0.717) is 31.3 Å². The minimum Gasteiger partial charge on any atom is -0.484 e. The van der Waals surface area contributed by atoms with Gasteiger partial charge < -0.3 is 29.7 Å². The molecule has 0 radical (unpaired) electrons. The van der Waals surface area contributed by atoms with Gasteiger partial charge in [0.2, 0.25) is 5.89 Å². The third-order valence-electron chi connectivity index (χ3n) is 5.32. The van der Waals surface area contributed by atoms with Gasteiger partial charge in [-0.15, -0.1) is 0 Å². The molecule has 2 aromatic carbocycles. The summed E-state index contributed by atoms with van der Waals surface area (Å²) < 4.78 is 74.1. The summed E-state index contributed by atoms with van der Waals surface area (Å²) in [6, 6.07) is 6.37. The molecule has 1 aliphatic heterocycles. The number of nitrogens with zero attached hydrogens (tertiary/aromatic N) is 1. The Morgan fingerprint density at radius 3 is 2.69 bits per heavy atom. The highest BCUT2D eigenvalue weighted by Gasteiger charge is 2.25. The van der Waals surface area contributed by atoms with Crippen LogP contribution < -0.4 is 20.5 Å². The molecule has 2 atom stereocenters. The summed E-state index contributed by atoms with van der Waals surface area (Å²) in [5.41, 5.74) is 6.20. The second kappa shape index (κ2) is 11.0. The zero-order chi connectivity index (χ0) is 25.8. The maximum atomic E-state index is 13.9. The smallest absolute Gasteiger partial charge is 0.387 e. The maximum absolute atomic E-state index is 13.9. The van der Waals surface area contributed by atoms with Crippen molar-refractivity contribution in [3.05, 3.63) is 65.1 Å². The first kappa shape index (κ1) is 25.5. The molecular formula is C24H23F4N3O5. The van der Waals surface area contributed by atoms with Crippen molar-refractivity contribution in [2.45, 2.75) is 38.6 Å². The van der Waals surface area contributed by atoms with Crippen LogP contribution in [0.15, 0.2) is 40.8 Å². The molecule has 1 fully saturated rings. The van der Waals surface area contributed by atoms with Gasteiger partial charge in [0, 0.05) is 30.2 Å². The Bertz CT molecular complexity index is 1230. The molecule has 0 saturated carbocycles. The van der Waals surface area contributed by atoms with Crippen LogP contribution in [0.3, 0.4) is 0 Å². The van der Waals surface area contributed by atoms with Crippen LogP contribution in [-0.4, -0.2) is 36.8 Å². The molecule has 12 heteroatoms. The number of oxazole rings is 1. The average Bonchev–Trinajstić information content (AvgIpc) is 3.49. The zero-order valence-electron chi connectivity index (χ0n) is 19.1. The molecule has 4 rings (SSSR count). The molecule has 36 heavy (non-hydrogen) atoms. The van der Waals surface area contributed by atoms with E-state index in [1.807, 2.05) is 0 Å². The molecule has 1 aromatic heterocycles. The van der Waals surface area contributed by atoms with E-state index in [2.05, 4.69) is 15.0 Å². The molecule has 1 aliphatic rings. The van der Waals surface area contributed by atoms with Crippen molar-refractivity contribution in [2.24, 2.45) is 5.73 Å². The van der Waals surface area contributed by atoms with Gasteiger partial charge in [0.15, 0.2) is 23.0 Å². The lowest BCUT2D eigenvalue weighted by molar-refractivity contribution is -0.0520. The van der Waals surface area contributed by atoms with Gasteiger partial charge in [-0.1, -0.05) is 6.07 Å². The monoisotopic (exact) mass is 509 g/mol. The molecule has 1 amide bonds. The van der Waals surface area contributed by atoms with Crippen molar-refractivity contribution in [1.82, 2.24) is 10.3 Å². The van der Waals surface area contributed by atoms with Gasteiger partial charge in [0.05, 0.1) is 19.3 Å². The van der Waals surface area contributed by atoms with Gasteiger partial charge in [-0.2, -0.15) is 8.78 Å². The first-order valence-electron chi connectivity index (χ1n) is 11.0. The number of nitrogens with one attached hydrogen (secondary N) is 1. The third kappa shape index (κ3) is 5.94. The Kier molecular flexibility index (Phi) is 7.75. The maximum Gasteiger partial charge on any atom is 0.387 e. The normalized spacial score (nSPS) is 16.2. The van der Waals surface area contributed by atoms with Crippen LogP contribution in [0, 0.1) is 11.6 Å². The molecule has 8 nitrogen and oxygen atoms in total. The minimum atomic E-state index is -3.06. The molecular weight excluding hydrogens is 486 g/mol. The van der Waals surface area contributed by atoms with E-state index in [1.165, 1.54) is 24.3 Å². The van der Waals surface area contributed by atoms with Crippen molar-refractivity contribution in [1.29, 1.82) is 0 Å². The number of alkyl halides is 2. The number of benzene rings is 2. The number of halogens is 4. The third-order valence-corrected chi connectivity index (χ3v) is 5.32. The average molecular weight is 509 g/mol. The van der Waals surface area contributed by atoms with Crippen LogP contribution >= 0.6 is 0 Å². The second-order valence-electron chi connectivity index (χ2n) is 8.08. The summed E-state index contributed by atoms with van der Waals surface area (Å²) in [5, 5.41) is 2.50. The Hall–Kier alpha value is -3.64. The fraction of sp³-hybridized carbons (Fsp3) is 0.333. The number of aromatic nitrogens is 1. The van der Waals surface area contributed by atoms with Gasteiger partial charge in [-0.05, 0) is 31.2 Å². The Balaban J connectivity index is 1.60. The Morgan fingerprint density at radius 1 is 1.22 bits per heavy atom. The van der Waals surface area contributed by atoms with E-state index in [0.717, 1.165) is 6.07 Å². The topological polar surface area (TPSA) is 109 Å². The molecule has 2 heterocycles. The van der Waals surface area contributed by atoms with E-state index in [1.54, 1.807) is 6.92 Å². The van der Waals surface area contributed by atoms with Gasteiger partial charge in [-0.25, -0.2) is 13.8 Å². The van der Waals surface area contributed by atoms with Crippen LogP contribution in [0.1, 0.15) is 41.2 Å². The van der Waals surface area contributed by atoms with E-state index in [9.17, 15) is 22.4 Å². The summed E-state index contributed by atoms with van der Waals surface area (Å²) >= 11 is 0. The minimum absolute atomic E-state index is 0.0171. The fourth-order valence-electron chi connectivity index (χ4n) is 3.56. The van der Waals surface area contributed by atoms with Crippen molar-refractivity contribution in [2.75, 3.05) is 13.2 Å². The van der Waals surface area contributed by atoms with Crippen molar-refractivity contribution < 1.29 is 41.0 Å². The van der Waals surface area contributed by atoms with Crippen molar-refractivity contribution >= 4 is 5.91 Å². The quantitative estimate of drug-likeness (QED) is 0.413. The standard InChI is InChI=1S/C24H23F4N3O5/c1-12(29)21-20(22(32)30-10-14-2-4-15(25)9-17(14)26)31-23(36-21)13-3-5-18(35-24(27)28)19(8-13)34-16-6-7-33-11-16/h2-5,8-9,12,16,24H,6-7,10-11,29H2,1H3,(H,30,32)/t12-,16?/m0/s1. The van der Waals surface area contributed by atoms with Crippen LogP contribution in [0.25, 0.3) is 11.5 Å². The predicted octanol–water partition coefficient (Wildman–Crippen LogP) is 4.34. The van der Waals surface area contributed by atoms with E-state index >= 15 is 0 Å². The first-order valence-corrected chi connectivity index (χ1v) is 11.0. The Labute approximate surface area is 203 Å². The predicted molar refractivity (Wildman–Crippen MR) is 119 cm³/mol. The lowest BCUT2D eigenvalue weighted by Crippen LogP contribution is -2.25. The largest absolute Gasteiger partial charge is 0.484 e. The number of carbonyl (C=O) groups excluding carboxylic acids is 1. The van der Waals surface area contributed by atoms with Crippen LogP contribution in [0.5, 0.6) is 11.5 Å². The highest BCUT2D eigenvalue weighted by Crippen LogP contribution is 2.36. The van der Waals surface area contributed by atoms with Gasteiger partial charge in [-0.3, -0.25) is 4.79 Å². The molecule has 0 aliphatic carbocycles. The van der Waals surface area contributed by atoms with Gasteiger partial charge in [0.25, 0.3) is 5.91 Å². The lowest BCUT2D eigenvalue weighted by Gasteiger charge is -2.16. The molecule has 3 N–H and O–H groups in total. The second-order valence-corrected chi connectivity index (χ2v) is 8.08. The number of carbonyl (C=O) groups is 1. The van der Waals surface area contributed by atoms with Crippen molar-refractivity contribution in [3.63, 3.8) is 0 Å². The fourth-order valence-corrected chi connectivity index (χ4v) is 3.56. The van der Waals surface area contributed by atoms with E-state index < -0.39 is 30.2 Å². The number of nitrogens with two attached hydrogens (primary N) is 1. The van der Waals surface area contributed by atoms with E-state index in [4.69, 9.17) is 19.6 Å². The molecule has 1 saturated heterocycles. The number of ether oxygens (including phenoxy) is 3. The zero-order valence-corrected chi connectivity index (χ0v) is 19.1. The highest BCUT2D eigenvalue weighted by atomic mass is 19.3. The van der Waals surface area contributed by atoms with Crippen molar-refractivity contribution in [3.8, 4) is 23.0 Å². The summed E-state index contributed by atoms with van der Waals surface area (Å²) in [6.07, 6.45) is 0.225. The van der Waals surface area contributed by atoms with E-state index in [-0.39, 0.29) is 47.1 Å². The molecule has 1 unspecified atom stereocenters. The number of rotatable bonds is 9. The van der Waals surface area contributed by atoms with Gasteiger partial charge >= 0.3 is 6.61 Å². The number of amides is 1. The molecule has 0 bridgehead atoms. The van der Waals surface area contributed by atoms with Crippen LogP contribution in [0.4, 0.5) is 17.6 Å². The summed E-state index contributed by atoms with van der Waals surface area (Å²) in [6.45, 7) is -0.939. The summed E-state index contributed by atoms with van der Waals surface area (Å²) in [4.78, 5) is 17.0. The van der Waals surface area contributed by atoms with Crippen LogP contribution in [0.2, 0.25) is 0 Å².